The Kier molecular flexibility index (Phi) is 2.26. The molecule has 0 spiro atoms. The quantitative estimate of drug-likeness (QED) is 0.496. The number of quaternary nitrogens is 1. The highest BCUT2D eigenvalue weighted by Crippen LogP contribution is 2.17. The first-order chi connectivity index (χ1) is 4.94. The molecule has 0 radical (unpaired) electrons. The largest absolute Gasteiger partial charge is 0.387 e. The van der Waals surface area contributed by atoms with Crippen molar-refractivity contribution in [2.75, 3.05) is 13.6 Å². The number of hydrogen-bond acceptors (Lipinski definition) is 1. The summed E-state index contributed by atoms with van der Waals surface area (Å²) in [6, 6.07) is 0. The van der Waals surface area contributed by atoms with E-state index in [-0.39, 0.29) is 11.6 Å². The molecule has 0 bridgehead atoms. The number of aliphatic hydroxyl groups is 1. The molecule has 0 aromatic heterocycles. The van der Waals surface area contributed by atoms with Gasteiger partial charge in [0.1, 0.15) is 11.6 Å². The van der Waals surface area contributed by atoms with Gasteiger partial charge in [-0.15, -0.1) is 0 Å². The number of hydrogen-bond donors (Lipinski definition) is 2. The van der Waals surface area contributed by atoms with Crippen LogP contribution in [0.25, 0.3) is 0 Å². The second-order valence-corrected chi connectivity index (χ2v) is 4.56. The van der Waals surface area contributed by atoms with Gasteiger partial charge in [-0.2, -0.15) is 0 Å². The molecule has 0 amide bonds. The summed E-state index contributed by atoms with van der Waals surface area (Å²) in [5.74, 6) is 0.665. The van der Waals surface area contributed by atoms with E-state index in [1.165, 1.54) is 11.4 Å². The van der Waals surface area contributed by atoms with E-state index in [0.29, 0.717) is 5.92 Å². The van der Waals surface area contributed by atoms with Gasteiger partial charge in [-0.25, -0.2) is 0 Å². The van der Waals surface area contributed by atoms with Crippen molar-refractivity contribution >= 4 is 0 Å². The first kappa shape index (κ1) is 9.01. The minimum absolute atomic E-state index is 0.0481. The van der Waals surface area contributed by atoms with E-state index in [9.17, 15) is 5.11 Å². The highest BCUT2D eigenvalue weighted by Gasteiger charge is 2.41. The average molecular weight is 158 g/mol. The zero-order valence-electron chi connectivity index (χ0n) is 8.02. The minimum Gasteiger partial charge on any atom is -0.387 e. The van der Waals surface area contributed by atoms with E-state index in [0.717, 1.165) is 6.42 Å². The van der Waals surface area contributed by atoms with Crippen molar-refractivity contribution in [3.63, 3.8) is 0 Å². The first-order valence-electron chi connectivity index (χ1n) is 4.45. The van der Waals surface area contributed by atoms with Crippen molar-refractivity contribution in [2.45, 2.75) is 38.8 Å². The van der Waals surface area contributed by atoms with Gasteiger partial charge in [0, 0.05) is 5.92 Å². The van der Waals surface area contributed by atoms with Crippen LogP contribution >= 0.6 is 0 Å². The molecule has 2 heteroatoms. The summed E-state index contributed by atoms with van der Waals surface area (Å²) in [5, 5.41) is 9.76. The third-order valence-electron chi connectivity index (χ3n) is 3.21. The predicted octanol–water partition coefficient (Wildman–Crippen LogP) is -0.320. The van der Waals surface area contributed by atoms with Gasteiger partial charge in [-0.3, -0.25) is 0 Å². The Morgan fingerprint density at radius 1 is 1.45 bits per heavy atom. The second kappa shape index (κ2) is 2.76. The lowest BCUT2D eigenvalue weighted by molar-refractivity contribution is -0.943. The van der Waals surface area contributed by atoms with Gasteiger partial charge in [0.15, 0.2) is 0 Å². The number of nitrogens with one attached hydrogen (secondary N) is 1. The highest BCUT2D eigenvalue weighted by molar-refractivity contribution is 4.81. The maximum atomic E-state index is 9.76. The van der Waals surface area contributed by atoms with Crippen LogP contribution in [0.5, 0.6) is 0 Å². The minimum atomic E-state index is -0.133. The van der Waals surface area contributed by atoms with E-state index in [2.05, 4.69) is 27.8 Å². The van der Waals surface area contributed by atoms with Crippen LogP contribution in [0.4, 0.5) is 0 Å². The van der Waals surface area contributed by atoms with Crippen LogP contribution in [0.1, 0.15) is 27.2 Å². The fraction of sp³-hybridized carbons (Fsp3) is 1.00. The SMILES string of the molecule is C[C@H]1C[C@H](O)C(C)(C)[NH+](C)C1. The monoisotopic (exact) mass is 158 g/mol. The lowest BCUT2D eigenvalue weighted by Crippen LogP contribution is -3.20. The summed E-state index contributed by atoms with van der Waals surface area (Å²) in [5.41, 5.74) is 0.0481. The number of likely N-dealkylation sites (tertiary alicyclic amines) is 1. The molecule has 2 N–H and O–H groups in total. The Labute approximate surface area is 69.2 Å². The zero-order chi connectivity index (χ0) is 8.65. The van der Waals surface area contributed by atoms with Crippen molar-refractivity contribution in [3.05, 3.63) is 0 Å². The van der Waals surface area contributed by atoms with Crippen LogP contribution < -0.4 is 4.90 Å². The Balaban J connectivity index is 2.67. The Hall–Kier alpha value is -0.0800. The fourth-order valence-corrected chi connectivity index (χ4v) is 1.83. The molecule has 0 aromatic rings. The maximum absolute atomic E-state index is 9.76. The van der Waals surface area contributed by atoms with Crippen LogP contribution in [0.3, 0.4) is 0 Å². The van der Waals surface area contributed by atoms with Crippen LogP contribution in [0.15, 0.2) is 0 Å². The number of aliphatic hydroxyl groups excluding tert-OH is 1. The Bertz CT molecular complexity index is 130. The maximum Gasteiger partial charge on any atom is 0.118 e. The molecule has 1 fully saturated rings. The molecule has 1 saturated heterocycles. The van der Waals surface area contributed by atoms with Gasteiger partial charge < -0.3 is 10.0 Å². The standard InChI is InChI=1S/C9H19NO/c1-7-5-8(11)9(2,3)10(4)6-7/h7-8,11H,5-6H2,1-4H3/p+1/t7-,8-/m0/s1. The number of rotatable bonds is 0. The molecule has 1 aliphatic rings. The van der Waals surface area contributed by atoms with Crippen LogP contribution in [-0.4, -0.2) is 30.3 Å². The number of piperidine rings is 1. The molecular weight excluding hydrogens is 138 g/mol. The van der Waals surface area contributed by atoms with E-state index < -0.39 is 0 Å². The second-order valence-electron chi connectivity index (χ2n) is 4.56. The summed E-state index contributed by atoms with van der Waals surface area (Å²) in [4.78, 5) is 1.45. The van der Waals surface area contributed by atoms with E-state index in [1.807, 2.05) is 0 Å². The van der Waals surface area contributed by atoms with Gasteiger partial charge in [-0.1, -0.05) is 6.92 Å². The third kappa shape index (κ3) is 1.57. The van der Waals surface area contributed by atoms with Gasteiger partial charge in [0.2, 0.25) is 0 Å². The summed E-state index contributed by atoms with van der Waals surface area (Å²) in [7, 11) is 2.17. The van der Waals surface area contributed by atoms with Gasteiger partial charge in [-0.05, 0) is 20.3 Å². The molecule has 2 nitrogen and oxygen atoms in total. The van der Waals surface area contributed by atoms with Crippen molar-refractivity contribution in [1.29, 1.82) is 0 Å². The summed E-state index contributed by atoms with van der Waals surface area (Å²) >= 11 is 0. The van der Waals surface area contributed by atoms with E-state index in [4.69, 9.17) is 0 Å². The Morgan fingerprint density at radius 2 is 2.00 bits per heavy atom. The molecule has 66 valence electrons. The molecule has 0 aromatic carbocycles. The predicted molar refractivity (Wildman–Crippen MR) is 45.6 cm³/mol. The van der Waals surface area contributed by atoms with Gasteiger partial charge >= 0.3 is 0 Å². The molecule has 1 unspecified atom stereocenters. The van der Waals surface area contributed by atoms with Crippen molar-refractivity contribution < 1.29 is 10.0 Å². The lowest BCUT2D eigenvalue weighted by Gasteiger charge is -2.42. The summed E-state index contributed by atoms with van der Waals surface area (Å²) in [6.07, 6.45) is 0.830. The summed E-state index contributed by atoms with van der Waals surface area (Å²) < 4.78 is 0. The molecule has 0 saturated carbocycles. The molecule has 0 aliphatic carbocycles. The smallest absolute Gasteiger partial charge is 0.118 e. The summed E-state index contributed by atoms with van der Waals surface area (Å²) in [6.45, 7) is 7.67. The van der Waals surface area contributed by atoms with E-state index >= 15 is 0 Å². The highest BCUT2D eigenvalue weighted by atomic mass is 16.3. The third-order valence-corrected chi connectivity index (χ3v) is 3.21. The van der Waals surface area contributed by atoms with Gasteiger partial charge in [0.05, 0.1) is 13.6 Å². The van der Waals surface area contributed by atoms with Crippen molar-refractivity contribution in [1.82, 2.24) is 0 Å². The average Bonchev–Trinajstić information content (AvgIpc) is 1.84. The normalized spacial score (nSPS) is 43.9. The van der Waals surface area contributed by atoms with Crippen LogP contribution in [0.2, 0.25) is 0 Å². The molecule has 1 rings (SSSR count). The molecule has 11 heavy (non-hydrogen) atoms. The van der Waals surface area contributed by atoms with Crippen LogP contribution in [0, 0.1) is 5.92 Å². The topological polar surface area (TPSA) is 24.7 Å². The lowest BCUT2D eigenvalue weighted by atomic mass is 9.83. The molecule has 1 aliphatic heterocycles. The zero-order valence-corrected chi connectivity index (χ0v) is 8.02. The van der Waals surface area contributed by atoms with Gasteiger partial charge in [0.25, 0.3) is 0 Å². The molecular formula is C9H20NO+. The fourth-order valence-electron chi connectivity index (χ4n) is 1.83. The molecule has 3 atom stereocenters. The number of likely N-dealkylation sites (N-methyl/N-ethyl adjacent to an activating group) is 1. The molecule has 1 heterocycles. The van der Waals surface area contributed by atoms with Crippen molar-refractivity contribution in [2.24, 2.45) is 5.92 Å². The van der Waals surface area contributed by atoms with Crippen molar-refractivity contribution in [3.8, 4) is 0 Å². The Morgan fingerprint density at radius 3 is 2.45 bits per heavy atom. The van der Waals surface area contributed by atoms with E-state index in [1.54, 1.807) is 0 Å². The van der Waals surface area contributed by atoms with Crippen LogP contribution in [-0.2, 0) is 0 Å². The first-order valence-corrected chi connectivity index (χ1v) is 4.45.